The highest BCUT2D eigenvalue weighted by Crippen LogP contribution is 2.36. The molecule has 0 aliphatic rings. The van der Waals surface area contributed by atoms with Gasteiger partial charge in [0, 0.05) is 11.3 Å². The highest BCUT2D eigenvalue weighted by molar-refractivity contribution is 8.00. The van der Waals surface area contributed by atoms with Crippen molar-refractivity contribution in [2.75, 3.05) is 5.32 Å². The maximum absolute atomic E-state index is 13.2. The molecule has 4 rings (SSSR count). The molecule has 0 saturated carbocycles. The van der Waals surface area contributed by atoms with Crippen LogP contribution in [0.3, 0.4) is 0 Å². The number of Topliss-reactive ketones (excluding diaryl/α,β-unsaturated/α-hetero) is 1. The summed E-state index contributed by atoms with van der Waals surface area (Å²) in [4.78, 5) is 24.9. The van der Waals surface area contributed by atoms with Gasteiger partial charge in [0.25, 0.3) is 11.1 Å². The normalized spacial score (nSPS) is 12.5. The van der Waals surface area contributed by atoms with Gasteiger partial charge in [0.15, 0.2) is 11.9 Å². The van der Waals surface area contributed by atoms with E-state index in [-0.39, 0.29) is 28.6 Å². The zero-order valence-electron chi connectivity index (χ0n) is 19.0. The Labute approximate surface area is 205 Å². The third-order valence-electron chi connectivity index (χ3n) is 4.99. The number of rotatable bonds is 9. The van der Waals surface area contributed by atoms with Crippen LogP contribution in [0.1, 0.15) is 47.0 Å². The smallest absolute Gasteiger partial charge is 0.277 e. The van der Waals surface area contributed by atoms with E-state index in [1.54, 1.807) is 31.2 Å². The van der Waals surface area contributed by atoms with Crippen LogP contribution in [0.25, 0.3) is 0 Å². The molecule has 1 aromatic heterocycles. The van der Waals surface area contributed by atoms with Crippen LogP contribution >= 0.6 is 11.8 Å². The van der Waals surface area contributed by atoms with Crippen LogP contribution in [0.4, 0.5) is 10.1 Å². The Bertz CT molecular complexity index is 1310. The minimum absolute atomic E-state index is 0.0922. The number of thioether (sulfide) groups is 1. The number of nitrogens with zero attached hydrogens (tertiary/aromatic N) is 2. The quantitative estimate of drug-likeness (QED) is 0.226. The zero-order chi connectivity index (χ0) is 24.8. The van der Waals surface area contributed by atoms with Crippen LogP contribution in [0.2, 0.25) is 0 Å². The maximum Gasteiger partial charge on any atom is 0.277 e. The van der Waals surface area contributed by atoms with Gasteiger partial charge < -0.3 is 14.5 Å². The van der Waals surface area contributed by atoms with Crippen molar-refractivity contribution < 1.29 is 23.1 Å². The summed E-state index contributed by atoms with van der Waals surface area (Å²) in [6, 6.07) is 21.6. The minimum Gasteiger partial charge on any atom is -0.481 e. The van der Waals surface area contributed by atoms with Crippen molar-refractivity contribution in [2.45, 2.75) is 30.4 Å². The van der Waals surface area contributed by atoms with E-state index < -0.39 is 11.4 Å². The predicted molar refractivity (Wildman–Crippen MR) is 130 cm³/mol. The van der Waals surface area contributed by atoms with Crippen molar-refractivity contribution >= 4 is 29.1 Å². The van der Waals surface area contributed by atoms with E-state index in [9.17, 15) is 14.0 Å². The molecule has 2 atom stereocenters. The molecule has 0 bridgehead atoms. The van der Waals surface area contributed by atoms with Gasteiger partial charge in [-0.15, -0.1) is 10.2 Å². The second kappa shape index (κ2) is 11.0. The van der Waals surface area contributed by atoms with Gasteiger partial charge in [-0.25, -0.2) is 4.39 Å². The van der Waals surface area contributed by atoms with E-state index in [0.717, 1.165) is 17.3 Å². The first-order chi connectivity index (χ1) is 16.9. The standard InChI is InChI=1S/C26H22FN3O4S/c1-16(31)19-9-6-10-21(15-19)28-24(32)23(18-7-4-3-5-8-18)35-26-30-29-25(34-26)17(2)33-22-13-11-20(27)12-14-22/h3-15,17,23H,1-2H3,(H,28,32). The van der Waals surface area contributed by atoms with Crippen LogP contribution in [0, 0.1) is 5.82 Å². The maximum atomic E-state index is 13.2. The Kier molecular flexibility index (Phi) is 7.57. The summed E-state index contributed by atoms with van der Waals surface area (Å²) in [5, 5.41) is 10.5. The van der Waals surface area contributed by atoms with Crippen LogP contribution in [-0.2, 0) is 4.79 Å². The van der Waals surface area contributed by atoms with E-state index in [1.165, 1.54) is 31.2 Å². The molecule has 0 fully saturated rings. The van der Waals surface area contributed by atoms with Crippen LogP contribution in [-0.4, -0.2) is 21.9 Å². The summed E-state index contributed by atoms with van der Waals surface area (Å²) in [7, 11) is 0. The molecule has 0 radical (unpaired) electrons. The van der Waals surface area contributed by atoms with Gasteiger partial charge in [-0.2, -0.15) is 0 Å². The monoisotopic (exact) mass is 491 g/mol. The lowest BCUT2D eigenvalue weighted by atomic mass is 10.1. The molecule has 0 aliphatic carbocycles. The fourth-order valence-electron chi connectivity index (χ4n) is 3.23. The van der Waals surface area contributed by atoms with Crippen LogP contribution in [0.15, 0.2) is 88.5 Å². The predicted octanol–water partition coefficient (Wildman–Crippen LogP) is 6.02. The summed E-state index contributed by atoms with van der Waals surface area (Å²) in [6.07, 6.45) is -0.583. The average Bonchev–Trinajstić information content (AvgIpc) is 3.33. The molecule has 0 aliphatic heterocycles. The molecule has 3 aromatic carbocycles. The van der Waals surface area contributed by atoms with Gasteiger partial charge in [0.2, 0.25) is 5.91 Å². The molecule has 35 heavy (non-hydrogen) atoms. The largest absolute Gasteiger partial charge is 0.481 e. The van der Waals surface area contributed by atoms with Crippen molar-refractivity contribution in [1.82, 2.24) is 10.2 Å². The Morgan fingerprint density at radius 1 is 1.00 bits per heavy atom. The molecule has 0 saturated heterocycles. The molecule has 1 amide bonds. The van der Waals surface area contributed by atoms with Gasteiger partial charge in [0.1, 0.15) is 16.8 Å². The number of benzene rings is 3. The van der Waals surface area contributed by atoms with Crippen molar-refractivity contribution in [3.8, 4) is 5.75 Å². The summed E-state index contributed by atoms with van der Waals surface area (Å²) >= 11 is 1.10. The SMILES string of the molecule is CC(=O)c1cccc(NC(=O)C(Sc2nnc(C(C)Oc3ccc(F)cc3)o2)c2ccccc2)c1. The third kappa shape index (κ3) is 6.33. The topological polar surface area (TPSA) is 94.3 Å². The Morgan fingerprint density at radius 2 is 1.74 bits per heavy atom. The highest BCUT2D eigenvalue weighted by atomic mass is 32.2. The second-order valence-electron chi connectivity index (χ2n) is 7.66. The van der Waals surface area contributed by atoms with E-state index in [2.05, 4.69) is 15.5 Å². The number of ether oxygens (including phenoxy) is 1. The number of anilines is 1. The molecular formula is C26H22FN3O4S. The molecule has 0 spiro atoms. The number of aromatic nitrogens is 2. The Hall–Kier alpha value is -3.98. The van der Waals surface area contributed by atoms with E-state index in [1.807, 2.05) is 30.3 Å². The first-order valence-electron chi connectivity index (χ1n) is 10.8. The fourth-order valence-corrected chi connectivity index (χ4v) is 4.11. The molecular weight excluding hydrogens is 469 g/mol. The number of carbonyl (C=O) groups excluding carboxylic acids is 2. The summed E-state index contributed by atoms with van der Waals surface area (Å²) in [5.74, 6) is -0.0821. The summed E-state index contributed by atoms with van der Waals surface area (Å²) in [5.41, 5.74) is 1.76. The minimum atomic E-state index is -0.696. The van der Waals surface area contributed by atoms with Crippen molar-refractivity contribution in [2.24, 2.45) is 0 Å². The van der Waals surface area contributed by atoms with Gasteiger partial charge in [-0.05, 0) is 67.6 Å². The third-order valence-corrected chi connectivity index (χ3v) is 6.08. The number of carbonyl (C=O) groups is 2. The van der Waals surface area contributed by atoms with Crippen molar-refractivity contribution in [3.05, 3.63) is 102 Å². The molecule has 1 N–H and O–H groups in total. The number of hydrogen-bond donors (Lipinski definition) is 1. The number of halogens is 1. The average molecular weight is 492 g/mol. The highest BCUT2D eigenvalue weighted by Gasteiger charge is 2.26. The van der Waals surface area contributed by atoms with Gasteiger partial charge in [-0.3, -0.25) is 9.59 Å². The van der Waals surface area contributed by atoms with Gasteiger partial charge >= 0.3 is 0 Å². The van der Waals surface area contributed by atoms with Crippen LogP contribution < -0.4 is 10.1 Å². The van der Waals surface area contributed by atoms with E-state index in [4.69, 9.17) is 9.15 Å². The lowest BCUT2D eigenvalue weighted by Gasteiger charge is -2.15. The number of nitrogens with one attached hydrogen (secondary N) is 1. The van der Waals surface area contributed by atoms with E-state index in [0.29, 0.717) is 17.0 Å². The van der Waals surface area contributed by atoms with E-state index >= 15 is 0 Å². The first-order valence-corrected chi connectivity index (χ1v) is 11.7. The Morgan fingerprint density at radius 3 is 2.46 bits per heavy atom. The molecule has 2 unspecified atom stereocenters. The van der Waals surface area contributed by atoms with Gasteiger partial charge in [0.05, 0.1) is 0 Å². The fraction of sp³-hybridized carbons (Fsp3) is 0.154. The second-order valence-corrected chi connectivity index (χ2v) is 8.71. The van der Waals surface area contributed by atoms with Gasteiger partial charge in [-0.1, -0.05) is 42.5 Å². The summed E-state index contributed by atoms with van der Waals surface area (Å²) < 4.78 is 24.6. The Balaban J connectivity index is 1.51. The molecule has 1 heterocycles. The number of ketones is 1. The summed E-state index contributed by atoms with van der Waals surface area (Å²) in [6.45, 7) is 3.20. The molecule has 7 nitrogen and oxygen atoms in total. The van der Waals surface area contributed by atoms with Crippen molar-refractivity contribution in [1.29, 1.82) is 0 Å². The lowest BCUT2D eigenvalue weighted by Crippen LogP contribution is -2.19. The zero-order valence-corrected chi connectivity index (χ0v) is 19.8. The molecule has 4 aromatic rings. The van der Waals surface area contributed by atoms with Crippen LogP contribution in [0.5, 0.6) is 5.75 Å². The molecule has 178 valence electrons. The molecule has 9 heteroatoms. The number of hydrogen-bond acceptors (Lipinski definition) is 7. The lowest BCUT2D eigenvalue weighted by molar-refractivity contribution is -0.115. The number of amides is 1. The van der Waals surface area contributed by atoms with Crippen molar-refractivity contribution in [3.63, 3.8) is 0 Å². The first kappa shape index (κ1) is 24.2.